The number of ether oxygens (including phenoxy) is 2. The van der Waals surface area contributed by atoms with Crippen LogP contribution in [-0.2, 0) is 98.8 Å². The molecule has 3 heterocycles. The summed E-state index contributed by atoms with van der Waals surface area (Å²) in [5.74, 6) is -1.73. The zero-order valence-electron chi connectivity index (χ0n) is 70.8. The molecule has 5 N–H and O–H groups in total. The normalized spacial score (nSPS) is 11.5. The van der Waals surface area contributed by atoms with E-state index in [9.17, 15) is 79.2 Å². The SMILES string of the molecule is C.CCOC(=O)CCCBr.CCOC(=O)CCCN(C(C)(C)c1cccc(-c2ccncc2C)c1)S(=O)(=O)c1ccccc1C(F)(F)F.Cc1cnccc1-c1cccc(C(C)(C)N(CCCC(=O)O)S(=O)(=O)c2ccccc2C(F)(F)F)c1.Cc1cnccc1-c1cccc(C(C)(C)NS(=O)(=O)c2ccccc2C(F)(F)F)c1.O.O=CO[O-].[Cs+].[Cs+].[H-].[Li+].[OH-]. The Balaban J connectivity index is -0.00000161. The van der Waals surface area contributed by atoms with Crippen LogP contribution in [0.3, 0.4) is 0 Å². The van der Waals surface area contributed by atoms with Gasteiger partial charge < -0.3 is 37.1 Å². The molecule has 0 amide bonds. The first-order valence-corrected chi connectivity index (χ1v) is 41.6. The largest absolute Gasteiger partial charge is 1.00 e. The van der Waals surface area contributed by atoms with Gasteiger partial charge in [-0.2, -0.15) is 48.1 Å². The standard InChI is InChI=1S/C28H31F3N2O4S.C26H27F3N2O4S.C22H21F3N2O2S.C6H11BrO2.CH2O3.CH4.2Cs.Li.2H2O.H/c1-5-37-26(34)14-9-17-33(38(35,36)25-13-7-6-12-24(25)28(29,30)31)27(3,4)22-11-8-10-21(18-22)23-15-16-32-19-20(23)2;1-18-17-30-14-13-21(18)19-8-6-9-20(16-19)25(2,3)31(15-7-12-24(32)33)36(34,35)23-11-5-4-10-22(23)26(27,28)29;1-15-14-26-12-11-18(15)16-7-6-8-17(13-16)21(2,3)27-30(28,29)20-10-5-4-9-19(20)22(23,24)25;1-2-9-6(8)4-3-5-7;2-1-4-3;;;;;;;/h6-8,10-13,15-16,18-19H,5,9,14,17H2,1-4H3;4-6,8-11,13-14,16-17H,7,12,15H2,1-3H3,(H,32,33);4-14,27H,1-3H3;2-5H2,1H3;1,3H;1H4;;;;2*1H2;/q;;;;;;3*+1;;;-1/p-2. The fourth-order valence-corrected chi connectivity index (χ4v) is 18.1. The molecule has 0 aliphatic heterocycles. The minimum atomic E-state index is -4.89. The van der Waals surface area contributed by atoms with Gasteiger partial charge in [0.2, 0.25) is 30.1 Å². The summed E-state index contributed by atoms with van der Waals surface area (Å²) in [6.45, 7) is 18.9. The molecule has 0 saturated carbocycles. The van der Waals surface area contributed by atoms with Crippen LogP contribution < -0.4 is 167 Å². The number of carbonyl (C=O) groups is 4. The van der Waals surface area contributed by atoms with Crippen molar-refractivity contribution in [2.75, 3.05) is 31.6 Å². The topological polar surface area (TPSA) is 360 Å². The predicted molar refractivity (Wildman–Crippen MR) is 438 cm³/mol. The third kappa shape index (κ3) is 35.0. The summed E-state index contributed by atoms with van der Waals surface area (Å²) in [5, 5.41) is 18.4. The number of carboxylic acids is 1. The van der Waals surface area contributed by atoms with Gasteiger partial charge in [-0.05, 0) is 235 Å². The summed E-state index contributed by atoms with van der Waals surface area (Å²) >= 11 is 3.22. The van der Waals surface area contributed by atoms with Crippen LogP contribution >= 0.6 is 15.9 Å². The number of rotatable bonds is 29. The van der Waals surface area contributed by atoms with Crippen molar-refractivity contribution in [3.63, 3.8) is 0 Å². The van der Waals surface area contributed by atoms with Crippen molar-refractivity contribution in [2.24, 2.45) is 0 Å². The first-order valence-electron chi connectivity index (χ1n) is 36.1. The molecule has 6 aromatic carbocycles. The quantitative estimate of drug-likeness (QED) is 0.00844. The molecule has 0 radical (unpaired) electrons. The number of esters is 2. The van der Waals surface area contributed by atoms with Gasteiger partial charge in [-0.1, -0.05) is 114 Å². The van der Waals surface area contributed by atoms with Gasteiger partial charge in [0.25, 0.3) is 6.47 Å². The van der Waals surface area contributed by atoms with Crippen LogP contribution in [0.1, 0.15) is 153 Å². The number of alkyl halides is 10. The van der Waals surface area contributed by atoms with Crippen LogP contribution in [0.15, 0.2) is 216 Å². The second-order valence-electron chi connectivity index (χ2n) is 27.5. The van der Waals surface area contributed by atoms with Crippen molar-refractivity contribution >= 4 is 70.4 Å². The molecule has 9 aromatic rings. The molecule has 3 aromatic heterocycles. The summed E-state index contributed by atoms with van der Waals surface area (Å²) in [6.07, 6.45) is -3.48. The first-order chi connectivity index (χ1) is 54.7. The van der Waals surface area contributed by atoms with Gasteiger partial charge >= 0.3 is 193 Å². The number of hydrogen-bond donors (Lipinski definition) is 2. The number of aromatic nitrogens is 3. The first kappa shape index (κ1) is 120. The zero-order chi connectivity index (χ0) is 87.5. The average molecular weight is 2080 g/mol. The monoisotopic (exact) mass is 2080 g/mol. The Labute approximate surface area is 852 Å². The Hall–Kier alpha value is -5.19. The second-order valence-corrected chi connectivity index (χ2v) is 33.6. The number of nitrogens with zero attached hydrogens (tertiary/aromatic N) is 5. The fraction of sp³-hybridized carbons (Fsp3) is 0.345. The summed E-state index contributed by atoms with van der Waals surface area (Å²) in [7, 11) is -13.8. The van der Waals surface area contributed by atoms with Gasteiger partial charge in [0.05, 0.1) is 61.2 Å². The van der Waals surface area contributed by atoms with Crippen LogP contribution in [0, 0.1) is 20.8 Å². The Kier molecular flexibility index (Phi) is 52.9. The molecule has 0 fully saturated rings. The minimum Gasteiger partial charge on any atom is -1.00 e. The molecule has 0 atom stereocenters. The van der Waals surface area contributed by atoms with E-state index in [-0.39, 0.29) is 234 Å². The smallest absolute Gasteiger partial charge is 1.00 e. The number of pyridine rings is 3. The molecule has 9 rings (SSSR count). The molecule has 123 heavy (non-hydrogen) atoms. The van der Waals surface area contributed by atoms with Gasteiger partial charge in [0.15, 0.2) is 0 Å². The van der Waals surface area contributed by atoms with E-state index in [1.165, 1.54) is 18.2 Å². The van der Waals surface area contributed by atoms with Crippen LogP contribution in [0.5, 0.6) is 0 Å². The van der Waals surface area contributed by atoms with Crippen LogP contribution in [0.2, 0.25) is 0 Å². The molecule has 658 valence electrons. The predicted octanol–water partition coefficient (Wildman–Crippen LogP) is 8.42. The van der Waals surface area contributed by atoms with Gasteiger partial charge in [-0.3, -0.25) is 34.1 Å². The molecule has 0 spiro atoms. The minimum absolute atomic E-state index is 0. The molecule has 39 heteroatoms. The molecule has 0 unspecified atom stereocenters. The number of nitrogens with one attached hydrogen (secondary N) is 1. The second kappa shape index (κ2) is 54.3. The number of aliphatic carboxylic acids is 1. The summed E-state index contributed by atoms with van der Waals surface area (Å²) in [4.78, 5) is 54.6. The molecule has 0 saturated heterocycles. The van der Waals surface area contributed by atoms with Crippen molar-refractivity contribution in [1.29, 1.82) is 0 Å². The van der Waals surface area contributed by atoms with E-state index in [2.05, 4.69) is 45.2 Å². The number of carbonyl (C=O) groups excluding carboxylic acids is 3. The van der Waals surface area contributed by atoms with Crippen LogP contribution in [0.4, 0.5) is 39.5 Å². The van der Waals surface area contributed by atoms with E-state index in [4.69, 9.17) is 19.9 Å². The van der Waals surface area contributed by atoms with Crippen molar-refractivity contribution in [1.82, 2.24) is 28.3 Å². The van der Waals surface area contributed by atoms with E-state index in [1.807, 2.05) is 76.2 Å². The van der Waals surface area contributed by atoms with E-state index in [0.717, 1.165) is 125 Å². The Morgan fingerprint density at radius 1 is 0.504 bits per heavy atom. The van der Waals surface area contributed by atoms with Gasteiger partial charge in [0.1, 0.15) is 0 Å². The molecule has 0 aliphatic rings. The van der Waals surface area contributed by atoms with Crippen LogP contribution in [-0.4, -0.2) is 121 Å². The number of benzene rings is 6. The van der Waals surface area contributed by atoms with Gasteiger partial charge in [0, 0.05) is 74.9 Å². The summed E-state index contributed by atoms with van der Waals surface area (Å²) in [6, 6.07) is 39.3. The van der Waals surface area contributed by atoms with Crippen molar-refractivity contribution in [2.45, 2.75) is 172 Å². The Bertz CT molecular complexity index is 5230. The summed E-state index contributed by atoms with van der Waals surface area (Å²) < 4.78 is 218. The van der Waals surface area contributed by atoms with Crippen molar-refractivity contribution in [3.05, 3.63) is 251 Å². The Morgan fingerprint density at radius 3 is 1.11 bits per heavy atom. The van der Waals surface area contributed by atoms with E-state index < -0.39 is 109 Å². The van der Waals surface area contributed by atoms with Crippen LogP contribution in [0.25, 0.3) is 33.4 Å². The number of aryl methyl sites for hydroxylation is 3. The third-order valence-corrected chi connectivity index (χ3v) is 24.6. The van der Waals surface area contributed by atoms with Crippen molar-refractivity contribution < 1.29 is 278 Å². The molecule has 0 aliphatic carbocycles. The molecule has 23 nitrogen and oxygen atoms in total. The number of carboxylic acid groups (broad SMARTS) is 1. The Morgan fingerprint density at radius 2 is 0.805 bits per heavy atom. The third-order valence-electron chi connectivity index (χ3n) is 18.0. The molecular weight excluding hydrogens is 1980 g/mol. The maximum absolute atomic E-state index is 13.9. The molecule has 0 bridgehead atoms. The van der Waals surface area contributed by atoms with E-state index >= 15 is 0 Å². The zero-order valence-corrected chi connectivity index (χ0v) is 86.4. The van der Waals surface area contributed by atoms with Crippen molar-refractivity contribution in [3.8, 4) is 33.4 Å². The number of halogens is 10. The maximum atomic E-state index is 13.9. The van der Waals surface area contributed by atoms with Gasteiger partial charge in [-0.25, -0.2) is 30.0 Å². The van der Waals surface area contributed by atoms with Gasteiger partial charge in [-0.15, -0.1) is 0 Å². The van der Waals surface area contributed by atoms with E-state index in [1.54, 1.807) is 128 Å². The fourth-order valence-electron chi connectivity index (χ4n) is 12.2. The maximum Gasteiger partial charge on any atom is 1.00 e. The van der Waals surface area contributed by atoms with E-state index in [0.29, 0.717) is 29.7 Å². The summed E-state index contributed by atoms with van der Waals surface area (Å²) in [5.41, 5.74) is 2.22. The molecular formula is C84H99BrCs2F9LiN6O17S3. The number of sulfonamides is 3. The average Bonchev–Trinajstić information content (AvgIpc) is 0.745. The number of hydrogen-bond acceptors (Lipinski definition) is 18.